The van der Waals surface area contributed by atoms with Crippen molar-refractivity contribution in [3.05, 3.63) is 71.9 Å². The first-order valence-electron chi connectivity index (χ1n) is 10.8. The molecule has 0 radical (unpaired) electrons. The summed E-state index contributed by atoms with van der Waals surface area (Å²) < 4.78 is 0.780. The summed E-state index contributed by atoms with van der Waals surface area (Å²) >= 11 is 0. The molecule has 154 valence electrons. The van der Waals surface area contributed by atoms with Crippen LogP contribution in [-0.2, 0) is 6.42 Å². The molecule has 2 rings (SSSR count). The highest BCUT2D eigenvalue weighted by Crippen LogP contribution is 2.27. The van der Waals surface area contributed by atoms with E-state index in [4.69, 9.17) is 0 Å². The molecule has 0 N–H and O–H groups in total. The Bertz CT molecular complexity index is 676. The monoisotopic (exact) mass is 399 g/mol. The fourth-order valence-electron chi connectivity index (χ4n) is 3.65. The smallest absolute Gasteiger partial charge is 0.140 e. The standard InChI is InChI=1S/C26H38N.ClH/c1-4-5-6-7-8-9-10-14-19-25-20-15-16-21-26(25)27(2,3)23-22-24-17-12-11-13-18-24;/h11-13,15-18,20-23H,4-10,14,19H2,1-3H3;1H/q+1;/p-1. The molecule has 0 amide bonds. The van der Waals surface area contributed by atoms with Gasteiger partial charge in [0.1, 0.15) is 11.9 Å². The molecule has 0 aliphatic heterocycles. The number of quaternary nitrogens is 1. The molecule has 2 aromatic carbocycles. The van der Waals surface area contributed by atoms with E-state index in [-0.39, 0.29) is 12.4 Å². The minimum atomic E-state index is 0. The molecule has 0 unspecified atom stereocenters. The number of aryl methyl sites for hydroxylation is 1. The summed E-state index contributed by atoms with van der Waals surface area (Å²) in [5, 5.41) is 0. The van der Waals surface area contributed by atoms with Gasteiger partial charge in [-0.3, -0.25) is 4.48 Å². The van der Waals surface area contributed by atoms with Crippen LogP contribution in [0.25, 0.3) is 6.08 Å². The van der Waals surface area contributed by atoms with Gasteiger partial charge in [0.05, 0.1) is 14.1 Å². The molecule has 28 heavy (non-hydrogen) atoms. The summed E-state index contributed by atoms with van der Waals surface area (Å²) in [6, 6.07) is 19.5. The van der Waals surface area contributed by atoms with Crippen LogP contribution in [-0.4, -0.2) is 14.1 Å². The topological polar surface area (TPSA) is 0 Å². The number of rotatable bonds is 12. The maximum atomic E-state index is 2.31. The number of unbranched alkanes of at least 4 members (excludes halogenated alkanes) is 7. The molecule has 1 nitrogen and oxygen atoms in total. The van der Waals surface area contributed by atoms with Gasteiger partial charge in [0, 0.05) is 5.56 Å². The third kappa shape index (κ3) is 8.63. The van der Waals surface area contributed by atoms with E-state index >= 15 is 0 Å². The van der Waals surface area contributed by atoms with Gasteiger partial charge in [-0.1, -0.05) is 100 Å². The quantitative estimate of drug-likeness (QED) is 0.361. The second-order valence-electron chi connectivity index (χ2n) is 8.12. The van der Waals surface area contributed by atoms with Crippen molar-refractivity contribution in [2.75, 3.05) is 14.1 Å². The van der Waals surface area contributed by atoms with E-state index in [2.05, 4.69) is 87.9 Å². The Labute approximate surface area is 179 Å². The van der Waals surface area contributed by atoms with E-state index in [0.29, 0.717) is 0 Å². The average Bonchev–Trinajstić information content (AvgIpc) is 2.69. The fraction of sp³-hybridized carbons (Fsp3) is 0.462. The molecule has 0 aliphatic carbocycles. The molecular weight excluding hydrogens is 362 g/mol. The molecule has 0 saturated carbocycles. The van der Waals surface area contributed by atoms with Crippen LogP contribution >= 0.6 is 0 Å². The number of hydrogen-bond acceptors (Lipinski definition) is 0. The zero-order valence-corrected chi connectivity index (χ0v) is 18.8. The Morgan fingerprint density at radius 2 is 1.29 bits per heavy atom. The first-order valence-corrected chi connectivity index (χ1v) is 10.8. The lowest BCUT2D eigenvalue weighted by molar-refractivity contribution is -0.00000576. The molecule has 2 heteroatoms. The van der Waals surface area contributed by atoms with Gasteiger partial charge >= 0.3 is 0 Å². The summed E-state index contributed by atoms with van der Waals surface area (Å²) in [5.41, 5.74) is 4.16. The summed E-state index contributed by atoms with van der Waals surface area (Å²) in [7, 11) is 4.54. The zero-order chi connectivity index (χ0) is 19.4. The van der Waals surface area contributed by atoms with Crippen molar-refractivity contribution < 1.29 is 12.4 Å². The number of hydrogen-bond donors (Lipinski definition) is 0. The second-order valence-corrected chi connectivity index (χ2v) is 8.12. The highest BCUT2D eigenvalue weighted by Gasteiger charge is 2.19. The highest BCUT2D eigenvalue weighted by molar-refractivity contribution is 5.56. The van der Waals surface area contributed by atoms with E-state index in [9.17, 15) is 0 Å². The molecule has 0 aliphatic rings. The molecular formula is C26H38ClN. The molecule has 0 aromatic heterocycles. The first-order chi connectivity index (χ1) is 13.1. The lowest BCUT2D eigenvalue weighted by atomic mass is 10.0. The van der Waals surface area contributed by atoms with Crippen LogP contribution in [0.2, 0.25) is 0 Å². The third-order valence-electron chi connectivity index (χ3n) is 5.35. The maximum Gasteiger partial charge on any atom is 0.140 e. The van der Waals surface area contributed by atoms with Gasteiger partial charge in [-0.25, -0.2) is 0 Å². The van der Waals surface area contributed by atoms with Crippen molar-refractivity contribution in [1.82, 2.24) is 4.48 Å². The molecule has 0 fully saturated rings. The number of halogens is 1. The molecule has 0 spiro atoms. The van der Waals surface area contributed by atoms with Crippen LogP contribution in [0.15, 0.2) is 60.8 Å². The molecule has 0 atom stereocenters. The van der Waals surface area contributed by atoms with Crippen molar-refractivity contribution in [3.8, 4) is 0 Å². The SMILES string of the molecule is CCCCCCCCCCc1ccccc1[N+](C)(C)C=Cc1ccccc1.[Cl-]. The van der Waals surface area contributed by atoms with Crippen molar-refractivity contribution in [2.24, 2.45) is 0 Å². The summed E-state index contributed by atoms with van der Waals surface area (Å²) in [5.74, 6) is 0. The van der Waals surface area contributed by atoms with E-state index in [1.165, 1.54) is 74.6 Å². The molecule has 2 aromatic rings. The van der Waals surface area contributed by atoms with Gasteiger partial charge < -0.3 is 12.4 Å². The van der Waals surface area contributed by atoms with Gasteiger partial charge in [-0.05, 0) is 30.5 Å². The van der Waals surface area contributed by atoms with E-state index in [1.54, 1.807) is 0 Å². The second kappa shape index (κ2) is 13.6. The number of nitrogens with zero attached hydrogens (tertiary/aromatic N) is 1. The van der Waals surface area contributed by atoms with E-state index in [0.717, 1.165) is 4.48 Å². The van der Waals surface area contributed by atoms with Crippen LogP contribution in [0, 0.1) is 0 Å². The average molecular weight is 400 g/mol. The fourth-order valence-corrected chi connectivity index (χ4v) is 3.65. The molecule has 0 heterocycles. The third-order valence-corrected chi connectivity index (χ3v) is 5.35. The molecule has 0 bridgehead atoms. The number of para-hydroxylation sites is 1. The van der Waals surface area contributed by atoms with Crippen molar-refractivity contribution in [2.45, 2.75) is 64.7 Å². The summed E-state index contributed by atoms with van der Waals surface area (Å²) in [6.07, 6.45) is 16.7. The molecule has 0 saturated heterocycles. The van der Waals surface area contributed by atoms with Crippen LogP contribution < -0.4 is 16.9 Å². The minimum Gasteiger partial charge on any atom is -1.00 e. The predicted octanol–water partition coefficient (Wildman–Crippen LogP) is 4.61. The Balaban J connectivity index is 0.00000392. The van der Waals surface area contributed by atoms with E-state index < -0.39 is 0 Å². The largest absolute Gasteiger partial charge is 1.00 e. The van der Waals surface area contributed by atoms with Gasteiger partial charge in [0.25, 0.3) is 0 Å². The Morgan fingerprint density at radius 1 is 0.714 bits per heavy atom. The van der Waals surface area contributed by atoms with Crippen LogP contribution in [0.4, 0.5) is 5.69 Å². The Hall–Kier alpha value is -1.57. The number of benzene rings is 2. The Kier molecular flexibility index (Phi) is 11.9. The predicted molar refractivity (Wildman–Crippen MR) is 122 cm³/mol. The van der Waals surface area contributed by atoms with E-state index in [1.807, 2.05) is 0 Å². The van der Waals surface area contributed by atoms with Crippen molar-refractivity contribution >= 4 is 11.8 Å². The lowest BCUT2D eigenvalue weighted by Crippen LogP contribution is -3.00. The van der Waals surface area contributed by atoms with Crippen LogP contribution in [0.3, 0.4) is 0 Å². The maximum absolute atomic E-state index is 2.31. The van der Waals surface area contributed by atoms with Crippen molar-refractivity contribution in [1.29, 1.82) is 0 Å². The van der Waals surface area contributed by atoms with Crippen LogP contribution in [0.5, 0.6) is 0 Å². The van der Waals surface area contributed by atoms with Crippen LogP contribution in [0.1, 0.15) is 69.4 Å². The minimum absolute atomic E-state index is 0. The summed E-state index contributed by atoms with van der Waals surface area (Å²) in [4.78, 5) is 0. The van der Waals surface area contributed by atoms with Gasteiger partial charge in [-0.2, -0.15) is 0 Å². The van der Waals surface area contributed by atoms with Gasteiger partial charge in [-0.15, -0.1) is 0 Å². The normalized spacial score (nSPS) is 11.5. The van der Waals surface area contributed by atoms with Gasteiger partial charge in [0.15, 0.2) is 0 Å². The lowest BCUT2D eigenvalue weighted by Gasteiger charge is -2.27. The van der Waals surface area contributed by atoms with Crippen molar-refractivity contribution in [3.63, 3.8) is 0 Å². The summed E-state index contributed by atoms with van der Waals surface area (Å²) in [6.45, 7) is 2.28. The Morgan fingerprint density at radius 3 is 1.96 bits per heavy atom. The first kappa shape index (κ1) is 24.5. The highest BCUT2D eigenvalue weighted by atomic mass is 35.5. The van der Waals surface area contributed by atoms with Gasteiger partial charge in [0.2, 0.25) is 0 Å². The zero-order valence-electron chi connectivity index (χ0n) is 18.0.